The topological polar surface area (TPSA) is 65.2 Å². The molecule has 1 aromatic rings. The molecular formula is C13H16F2N2O3. The average Bonchev–Trinajstić information content (AvgIpc) is 2.90. The quantitative estimate of drug-likeness (QED) is 0.799. The van der Waals surface area contributed by atoms with Gasteiger partial charge in [0.05, 0.1) is 13.0 Å². The number of hydrogen-bond donors (Lipinski definition) is 0. The third-order valence-electron chi connectivity index (χ3n) is 4.19. The Hall–Kier alpha value is -1.53. The molecule has 2 fully saturated rings. The lowest BCUT2D eigenvalue weighted by Gasteiger charge is -2.24. The Bertz CT molecular complexity index is 509. The number of rotatable bonds is 3. The molecule has 2 aliphatic carbocycles. The van der Waals surface area contributed by atoms with Crippen molar-refractivity contribution in [2.45, 2.75) is 49.9 Å². The summed E-state index contributed by atoms with van der Waals surface area (Å²) in [5.41, 5.74) is 0. The molecule has 0 amide bonds. The van der Waals surface area contributed by atoms with Crippen LogP contribution in [0.15, 0.2) is 4.42 Å². The molecule has 1 heterocycles. The van der Waals surface area contributed by atoms with Crippen LogP contribution in [0.5, 0.6) is 0 Å². The molecule has 7 heteroatoms. The molecule has 0 aliphatic heterocycles. The number of hydrogen-bond acceptors (Lipinski definition) is 5. The van der Waals surface area contributed by atoms with Crippen LogP contribution >= 0.6 is 0 Å². The molecule has 110 valence electrons. The molecule has 0 radical (unpaired) electrons. The minimum Gasteiger partial charge on any atom is -0.469 e. The minimum absolute atomic E-state index is 0.0418. The zero-order valence-corrected chi connectivity index (χ0v) is 11.1. The van der Waals surface area contributed by atoms with Crippen molar-refractivity contribution in [3.63, 3.8) is 0 Å². The predicted octanol–water partition coefficient (Wildman–Crippen LogP) is 2.64. The van der Waals surface area contributed by atoms with Gasteiger partial charge < -0.3 is 9.15 Å². The summed E-state index contributed by atoms with van der Waals surface area (Å²) >= 11 is 0. The van der Waals surface area contributed by atoms with E-state index in [9.17, 15) is 13.6 Å². The van der Waals surface area contributed by atoms with Crippen LogP contribution in [0.1, 0.15) is 55.7 Å². The first-order chi connectivity index (χ1) is 9.51. The maximum absolute atomic E-state index is 12.9. The summed E-state index contributed by atoms with van der Waals surface area (Å²) in [5.74, 6) is -3.34. The Morgan fingerprint density at radius 2 is 1.85 bits per heavy atom. The number of ether oxygens (including phenoxy) is 1. The van der Waals surface area contributed by atoms with E-state index in [1.165, 1.54) is 7.11 Å². The van der Waals surface area contributed by atoms with Gasteiger partial charge in [-0.25, -0.2) is 8.78 Å². The van der Waals surface area contributed by atoms with Gasteiger partial charge in [0, 0.05) is 12.3 Å². The highest BCUT2D eigenvalue weighted by molar-refractivity contribution is 5.72. The predicted molar refractivity (Wildman–Crippen MR) is 63.3 cm³/mol. The van der Waals surface area contributed by atoms with E-state index < -0.39 is 11.8 Å². The Balaban J connectivity index is 1.60. The first-order valence-corrected chi connectivity index (χ1v) is 6.80. The van der Waals surface area contributed by atoms with Crippen molar-refractivity contribution < 1.29 is 22.7 Å². The van der Waals surface area contributed by atoms with Gasteiger partial charge in [-0.2, -0.15) is 0 Å². The number of alkyl halides is 2. The first-order valence-electron chi connectivity index (χ1n) is 6.80. The van der Waals surface area contributed by atoms with E-state index in [4.69, 9.17) is 9.15 Å². The van der Waals surface area contributed by atoms with Crippen molar-refractivity contribution in [3.8, 4) is 0 Å². The van der Waals surface area contributed by atoms with Gasteiger partial charge in [0.2, 0.25) is 11.8 Å². The van der Waals surface area contributed by atoms with E-state index in [0.29, 0.717) is 18.7 Å². The third-order valence-corrected chi connectivity index (χ3v) is 4.19. The van der Waals surface area contributed by atoms with Crippen molar-refractivity contribution in [3.05, 3.63) is 11.8 Å². The molecule has 20 heavy (non-hydrogen) atoms. The molecule has 0 N–H and O–H groups in total. The largest absolute Gasteiger partial charge is 0.469 e. The second kappa shape index (κ2) is 4.79. The lowest BCUT2D eigenvalue weighted by molar-refractivity contribution is -0.146. The number of nitrogens with zero attached hydrogens (tertiary/aromatic N) is 2. The van der Waals surface area contributed by atoms with E-state index >= 15 is 0 Å². The van der Waals surface area contributed by atoms with Crippen molar-refractivity contribution >= 4 is 5.97 Å². The zero-order chi connectivity index (χ0) is 14.3. The number of halogens is 2. The van der Waals surface area contributed by atoms with Crippen LogP contribution in [-0.4, -0.2) is 29.2 Å². The summed E-state index contributed by atoms with van der Waals surface area (Å²) in [6, 6.07) is 0. The number of aromatic nitrogens is 2. The normalized spacial score (nSPS) is 31.9. The van der Waals surface area contributed by atoms with Crippen LogP contribution in [0.4, 0.5) is 8.78 Å². The third kappa shape index (κ3) is 2.41. The van der Waals surface area contributed by atoms with Crippen molar-refractivity contribution in [1.82, 2.24) is 10.2 Å². The summed E-state index contributed by atoms with van der Waals surface area (Å²) in [7, 11) is 1.38. The second-order valence-corrected chi connectivity index (χ2v) is 5.57. The highest BCUT2D eigenvalue weighted by Gasteiger charge is 2.61. The first kappa shape index (κ1) is 13.5. The Morgan fingerprint density at radius 3 is 2.40 bits per heavy atom. The molecular weight excluding hydrogens is 270 g/mol. The van der Waals surface area contributed by atoms with Gasteiger partial charge in [0.1, 0.15) is 5.92 Å². The lowest BCUT2D eigenvalue weighted by Crippen LogP contribution is -2.22. The summed E-state index contributed by atoms with van der Waals surface area (Å²) in [4.78, 5) is 11.4. The number of esters is 1. The van der Waals surface area contributed by atoms with E-state index in [1.54, 1.807) is 0 Å². The summed E-state index contributed by atoms with van der Waals surface area (Å²) in [6.45, 7) is 0. The van der Waals surface area contributed by atoms with Crippen LogP contribution in [-0.2, 0) is 9.53 Å². The average molecular weight is 286 g/mol. The number of carbonyl (C=O) groups excluding carboxylic acids is 1. The van der Waals surface area contributed by atoms with Crippen LogP contribution in [0.25, 0.3) is 0 Å². The van der Waals surface area contributed by atoms with E-state index in [1.807, 2.05) is 0 Å². The maximum atomic E-state index is 12.9. The van der Waals surface area contributed by atoms with Crippen LogP contribution in [0.2, 0.25) is 0 Å². The Morgan fingerprint density at radius 1 is 1.25 bits per heavy atom. The SMILES string of the molecule is COC(=O)C1CCC(c2nnc(C3CC3(F)F)o2)CC1. The molecule has 1 aromatic heterocycles. The van der Waals surface area contributed by atoms with Crippen molar-refractivity contribution in [2.75, 3.05) is 7.11 Å². The zero-order valence-electron chi connectivity index (χ0n) is 11.1. The molecule has 3 rings (SSSR count). The van der Waals surface area contributed by atoms with Gasteiger partial charge in [0.15, 0.2) is 0 Å². The van der Waals surface area contributed by atoms with E-state index in [-0.39, 0.29) is 30.1 Å². The fourth-order valence-corrected chi connectivity index (χ4v) is 2.78. The van der Waals surface area contributed by atoms with E-state index in [0.717, 1.165) is 12.8 Å². The summed E-state index contributed by atoms with van der Waals surface area (Å²) < 4.78 is 36.0. The van der Waals surface area contributed by atoms with Gasteiger partial charge in [-0.3, -0.25) is 4.79 Å². The summed E-state index contributed by atoms with van der Waals surface area (Å²) in [5, 5.41) is 7.62. The monoisotopic (exact) mass is 286 g/mol. The molecule has 2 aliphatic rings. The van der Waals surface area contributed by atoms with Crippen molar-refractivity contribution in [1.29, 1.82) is 0 Å². The van der Waals surface area contributed by atoms with Crippen LogP contribution in [0.3, 0.4) is 0 Å². The highest BCUT2D eigenvalue weighted by Crippen LogP contribution is 2.55. The molecule has 1 atom stereocenters. The number of methoxy groups -OCH3 is 1. The Kier molecular flexibility index (Phi) is 3.22. The summed E-state index contributed by atoms with van der Waals surface area (Å²) in [6.07, 6.45) is 2.68. The second-order valence-electron chi connectivity index (χ2n) is 5.57. The standard InChI is InChI=1S/C13H16F2N2O3/c1-19-12(18)8-4-2-7(3-5-8)10-16-17-11(20-10)9-6-13(9,14)15/h7-9H,2-6H2,1H3. The van der Waals surface area contributed by atoms with Crippen LogP contribution < -0.4 is 0 Å². The van der Waals surface area contributed by atoms with Crippen LogP contribution in [0, 0.1) is 5.92 Å². The highest BCUT2D eigenvalue weighted by atomic mass is 19.3. The fourth-order valence-electron chi connectivity index (χ4n) is 2.78. The van der Waals surface area contributed by atoms with E-state index in [2.05, 4.69) is 10.2 Å². The molecule has 2 saturated carbocycles. The Labute approximate surface area is 114 Å². The van der Waals surface area contributed by atoms with Gasteiger partial charge in [-0.15, -0.1) is 10.2 Å². The molecule has 0 spiro atoms. The molecule has 1 unspecified atom stereocenters. The van der Waals surface area contributed by atoms with Gasteiger partial charge in [-0.1, -0.05) is 0 Å². The van der Waals surface area contributed by atoms with Gasteiger partial charge >= 0.3 is 5.97 Å². The lowest BCUT2D eigenvalue weighted by atomic mass is 9.82. The molecule has 5 nitrogen and oxygen atoms in total. The fraction of sp³-hybridized carbons (Fsp3) is 0.769. The van der Waals surface area contributed by atoms with Gasteiger partial charge in [0.25, 0.3) is 5.92 Å². The molecule has 0 bridgehead atoms. The molecule has 0 saturated heterocycles. The maximum Gasteiger partial charge on any atom is 0.308 e. The van der Waals surface area contributed by atoms with Crippen molar-refractivity contribution in [2.24, 2.45) is 5.92 Å². The minimum atomic E-state index is -2.69. The smallest absolute Gasteiger partial charge is 0.308 e. The van der Waals surface area contributed by atoms with Gasteiger partial charge in [-0.05, 0) is 25.7 Å². The number of carbonyl (C=O) groups is 1. The molecule has 0 aromatic carbocycles.